The number of piperidine rings is 1. The molecule has 2 aliphatic heterocycles. The molecule has 0 radical (unpaired) electrons. The molecule has 1 aromatic carbocycles. The lowest BCUT2D eigenvalue weighted by Crippen LogP contribution is -2.51. The molecular formula is C17H26ClN5O2. The van der Waals surface area contributed by atoms with Crippen molar-refractivity contribution in [2.45, 2.75) is 24.9 Å². The Bertz CT molecular complexity index is 571. The number of hydrogen-bond acceptors (Lipinski definition) is 5. The first-order valence-corrected chi connectivity index (χ1v) is 8.54. The molecular weight excluding hydrogens is 342 g/mol. The highest BCUT2D eigenvalue weighted by atomic mass is 35.5. The molecule has 3 atom stereocenters. The summed E-state index contributed by atoms with van der Waals surface area (Å²) in [7, 11) is 0. The van der Waals surface area contributed by atoms with Crippen molar-refractivity contribution in [3.63, 3.8) is 0 Å². The molecule has 8 heteroatoms. The van der Waals surface area contributed by atoms with Gasteiger partial charge >= 0.3 is 0 Å². The Morgan fingerprint density at radius 1 is 1.12 bits per heavy atom. The second-order valence-electron chi connectivity index (χ2n) is 6.33. The molecule has 7 nitrogen and oxygen atoms in total. The molecule has 5 N–H and O–H groups in total. The van der Waals surface area contributed by atoms with Crippen LogP contribution in [0.1, 0.15) is 12.0 Å². The number of nitrogens with one attached hydrogen (secondary N) is 5. The predicted molar refractivity (Wildman–Crippen MR) is 98.2 cm³/mol. The van der Waals surface area contributed by atoms with Gasteiger partial charge < -0.3 is 16.0 Å². The van der Waals surface area contributed by atoms with Crippen molar-refractivity contribution in [2.75, 3.05) is 26.2 Å². The van der Waals surface area contributed by atoms with E-state index in [1.165, 1.54) is 5.56 Å². The Labute approximate surface area is 154 Å². The molecule has 2 heterocycles. The number of benzene rings is 1. The monoisotopic (exact) mass is 367 g/mol. The van der Waals surface area contributed by atoms with Crippen LogP contribution in [0.25, 0.3) is 0 Å². The maximum absolute atomic E-state index is 12.3. The third kappa shape index (κ3) is 5.40. The number of hydrogen-bond donors (Lipinski definition) is 5. The van der Waals surface area contributed by atoms with E-state index in [1.54, 1.807) is 0 Å². The minimum Gasteiger partial charge on any atom is -0.354 e. The summed E-state index contributed by atoms with van der Waals surface area (Å²) in [5, 5.41) is 8.87. The van der Waals surface area contributed by atoms with Crippen molar-refractivity contribution in [3.8, 4) is 0 Å². The van der Waals surface area contributed by atoms with E-state index < -0.39 is 0 Å². The van der Waals surface area contributed by atoms with Crippen LogP contribution in [0.2, 0.25) is 0 Å². The molecule has 3 unspecified atom stereocenters. The fraction of sp³-hybridized carbons (Fsp3) is 0.529. The van der Waals surface area contributed by atoms with E-state index in [1.807, 2.05) is 30.3 Å². The molecule has 2 saturated heterocycles. The standard InChI is InChI=1S/C17H25N5O2.ClH/c23-15(19-9-6-12-4-2-1-3-5-12)11-20-17(24)16-13-10-18-8-7-14(13)21-22-16;/h1-5,13-14,16,18,21-22H,6-11H2,(H,19,23)(H,20,24);1H. The van der Waals surface area contributed by atoms with E-state index in [0.29, 0.717) is 12.6 Å². The van der Waals surface area contributed by atoms with Gasteiger partial charge in [0.1, 0.15) is 6.04 Å². The Morgan fingerprint density at radius 2 is 1.92 bits per heavy atom. The van der Waals surface area contributed by atoms with Gasteiger partial charge in [-0.2, -0.15) is 0 Å². The van der Waals surface area contributed by atoms with Crippen molar-refractivity contribution < 1.29 is 9.59 Å². The first kappa shape index (κ1) is 19.7. The van der Waals surface area contributed by atoms with Crippen molar-refractivity contribution in [1.29, 1.82) is 0 Å². The number of halogens is 1. The molecule has 0 bridgehead atoms. The second-order valence-corrected chi connectivity index (χ2v) is 6.33. The molecule has 0 aromatic heterocycles. The van der Waals surface area contributed by atoms with Gasteiger partial charge in [0.2, 0.25) is 11.8 Å². The number of rotatable bonds is 6. The van der Waals surface area contributed by atoms with Gasteiger partial charge in [-0.3, -0.25) is 15.0 Å². The lowest BCUT2D eigenvalue weighted by Gasteiger charge is -2.27. The number of amides is 2. The Kier molecular flexibility index (Phi) is 7.64. The van der Waals surface area contributed by atoms with Gasteiger partial charge in [0.15, 0.2) is 0 Å². The molecule has 2 amide bonds. The molecule has 0 saturated carbocycles. The summed E-state index contributed by atoms with van der Waals surface area (Å²) in [5.41, 5.74) is 7.41. The van der Waals surface area contributed by atoms with E-state index in [2.05, 4.69) is 26.8 Å². The average Bonchev–Trinajstić information content (AvgIpc) is 3.05. The van der Waals surface area contributed by atoms with E-state index in [-0.39, 0.29) is 42.7 Å². The quantitative estimate of drug-likeness (QED) is 0.460. The first-order chi connectivity index (χ1) is 11.7. The van der Waals surface area contributed by atoms with Crippen LogP contribution in [0.15, 0.2) is 30.3 Å². The molecule has 138 valence electrons. The lowest BCUT2D eigenvalue weighted by molar-refractivity contribution is -0.127. The number of carbonyl (C=O) groups is 2. The summed E-state index contributed by atoms with van der Waals surface area (Å²) in [5.74, 6) is -0.0691. The summed E-state index contributed by atoms with van der Waals surface area (Å²) in [6.45, 7) is 2.35. The minimum absolute atomic E-state index is 0. The van der Waals surface area contributed by atoms with Gasteiger partial charge in [0.25, 0.3) is 0 Å². The maximum Gasteiger partial charge on any atom is 0.239 e. The zero-order valence-corrected chi connectivity index (χ0v) is 14.9. The van der Waals surface area contributed by atoms with Gasteiger partial charge in [-0.1, -0.05) is 30.3 Å². The van der Waals surface area contributed by atoms with Gasteiger partial charge in [0.05, 0.1) is 6.54 Å². The molecule has 3 rings (SSSR count). The minimum atomic E-state index is -0.292. The summed E-state index contributed by atoms with van der Waals surface area (Å²) in [4.78, 5) is 24.1. The molecule has 0 spiro atoms. The van der Waals surface area contributed by atoms with Gasteiger partial charge in [-0.15, -0.1) is 12.4 Å². The average molecular weight is 368 g/mol. The molecule has 2 aliphatic rings. The number of fused-ring (bicyclic) bond motifs is 1. The zero-order valence-electron chi connectivity index (χ0n) is 14.1. The predicted octanol–water partition coefficient (Wildman–Crippen LogP) is -0.662. The fourth-order valence-corrected chi connectivity index (χ4v) is 3.31. The highest BCUT2D eigenvalue weighted by Gasteiger charge is 2.40. The van der Waals surface area contributed by atoms with E-state index in [9.17, 15) is 9.59 Å². The number of hydrazine groups is 1. The van der Waals surface area contributed by atoms with Crippen LogP contribution >= 0.6 is 12.4 Å². The van der Waals surface area contributed by atoms with Crippen molar-refractivity contribution in [1.82, 2.24) is 26.8 Å². The fourth-order valence-electron chi connectivity index (χ4n) is 3.31. The SMILES string of the molecule is Cl.O=C(CNC(=O)C1NNC2CCNCC21)NCCc1ccccc1. The third-order valence-corrected chi connectivity index (χ3v) is 4.67. The van der Waals surface area contributed by atoms with Crippen LogP contribution in [-0.2, 0) is 16.0 Å². The first-order valence-electron chi connectivity index (χ1n) is 8.54. The van der Waals surface area contributed by atoms with Crippen LogP contribution in [0.3, 0.4) is 0 Å². The number of carbonyl (C=O) groups excluding carboxylic acids is 2. The van der Waals surface area contributed by atoms with Crippen LogP contribution in [-0.4, -0.2) is 50.1 Å². The Balaban J connectivity index is 0.00000225. The summed E-state index contributed by atoms with van der Waals surface area (Å²) < 4.78 is 0. The topological polar surface area (TPSA) is 94.3 Å². The molecule has 25 heavy (non-hydrogen) atoms. The van der Waals surface area contributed by atoms with E-state index in [0.717, 1.165) is 25.9 Å². The lowest BCUT2D eigenvalue weighted by atomic mass is 9.89. The highest BCUT2D eigenvalue weighted by molar-refractivity contribution is 5.87. The van der Waals surface area contributed by atoms with Crippen LogP contribution in [0.5, 0.6) is 0 Å². The van der Waals surface area contributed by atoms with Gasteiger partial charge in [0, 0.05) is 25.0 Å². The van der Waals surface area contributed by atoms with Crippen molar-refractivity contribution >= 4 is 24.2 Å². The van der Waals surface area contributed by atoms with E-state index >= 15 is 0 Å². The van der Waals surface area contributed by atoms with Crippen LogP contribution in [0.4, 0.5) is 0 Å². The normalized spacial score (nSPS) is 24.7. The van der Waals surface area contributed by atoms with E-state index in [4.69, 9.17) is 0 Å². The van der Waals surface area contributed by atoms with Crippen molar-refractivity contribution in [2.24, 2.45) is 5.92 Å². The zero-order chi connectivity index (χ0) is 16.8. The largest absolute Gasteiger partial charge is 0.354 e. The van der Waals surface area contributed by atoms with Crippen LogP contribution in [0, 0.1) is 5.92 Å². The smallest absolute Gasteiger partial charge is 0.239 e. The van der Waals surface area contributed by atoms with Gasteiger partial charge in [-0.25, -0.2) is 5.43 Å². The third-order valence-electron chi connectivity index (χ3n) is 4.67. The Hall–Kier alpha value is -1.67. The van der Waals surface area contributed by atoms with Crippen molar-refractivity contribution in [3.05, 3.63) is 35.9 Å². The summed E-state index contributed by atoms with van der Waals surface area (Å²) in [6.07, 6.45) is 1.78. The molecule has 2 fully saturated rings. The summed E-state index contributed by atoms with van der Waals surface area (Å²) >= 11 is 0. The molecule has 0 aliphatic carbocycles. The maximum atomic E-state index is 12.3. The second kappa shape index (κ2) is 9.72. The molecule has 1 aromatic rings. The van der Waals surface area contributed by atoms with Gasteiger partial charge in [-0.05, 0) is 24.9 Å². The Morgan fingerprint density at radius 3 is 2.72 bits per heavy atom. The summed E-state index contributed by atoms with van der Waals surface area (Å²) in [6, 6.07) is 10.0. The van der Waals surface area contributed by atoms with Crippen LogP contribution < -0.4 is 26.8 Å². The highest BCUT2D eigenvalue weighted by Crippen LogP contribution is 2.19.